The van der Waals surface area contributed by atoms with Crippen molar-refractivity contribution in [3.8, 4) is 0 Å². The van der Waals surface area contributed by atoms with Crippen molar-refractivity contribution in [1.29, 1.82) is 0 Å². The molecule has 0 aliphatic carbocycles. The molecule has 0 aromatic rings. The van der Waals surface area contributed by atoms with Gasteiger partial charge in [-0.05, 0) is 13.8 Å². The van der Waals surface area contributed by atoms with Gasteiger partial charge in [0.15, 0.2) is 5.79 Å². The molecule has 2 aliphatic heterocycles. The van der Waals surface area contributed by atoms with E-state index in [0.717, 1.165) is 0 Å². The van der Waals surface area contributed by atoms with Crippen molar-refractivity contribution in [2.24, 2.45) is 0 Å². The van der Waals surface area contributed by atoms with Crippen molar-refractivity contribution in [2.75, 3.05) is 38.7 Å². The molecule has 7 heteroatoms. The van der Waals surface area contributed by atoms with E-state index in [-0.39, 0.29) is 18.5 Å². The van der Waals surface area contributed by atoms with Crippen molar-refractivity contribution in [3.05, 3.63) is 0 Å². The fourth-order valence-electron chi connectivity index (χ4n) is 2.41. The highest BCUT2D eigenvalue weighted by Gasteiger charge is 2.42. The van der Waals surface area contributed by atoms with Crippen LogP contribution in [-0.4, -0.2) is 63.3 Å². The number of nitrogens with zero attached hydrogens (tertiary/aromatic N) is 1. The molecular formula is C12H23NO5S. The van der Waals surface area contributed by atoms with Gasteiger partial charge < -0.3 is 14.2 Å². The molecule has 2 saturated heterocycles. The van der Waals surface area contributed by atoms with Crippen LogP contribution in [0.25, 0.3) is 0 Å². The molecule has 0 bridgehead atoms. The maximum atomic E-state index is 12.1. The zero-order chi connectivity index (χ0) is 13.9. The van der Waals surface area contributed by atoms with Crippen LogP contribution in [0, 0.1) is 0 Å². The van der Waals surface area contributed by atoms with Crippen LogP contribution in [0.15, 0.2) is 0 Å². The van der Waals surface area contributed by atoms with Gasteiger partial charge in [0.25, 0.3) is 0 Å². The lowest BCUT2D eigenvalue weighted by molar-refractivity contribution is -0.179. The van der Waals surface area contributed by atoms with Crippen molar-refractivity contribution in [2.45, 2.75) is 38.6 Å². The van der Waals surface area contributed by atoms with Gasteiger partial charge in [-0.1, -0.05) is 0 Å². The number of piperidine rings is 1. The summed E-state index contributed by atoms with van der Waals surface area (Å²) in [6.07, 6.45) is 1.27. The Bertz CT molecular complexity index is 379. The highest BCUT2D eigenvalue weighted by molar-refractivity contribution is 7.89. The molecule has 19 heavy (non-hydrogen) atoms. The van der Waals surface area contributed by atoms with Crippen LogP contribution in [0.2, 0.25) is 0 Å². The van der Waals surface area contributed by atoms with Crippen LogP contribution < -0.4 is 0 Å². The van der Waals surface area contributed by atoms with E-state index < -0.39 is 15.8 Å². The second-order valence-electron chi connectivity index (χ2n) is 5.24. The summed E-state index contributed by atoms with van der Waals surface area (Å²) in [5.41, 5.74) is 0. The molecule has 0 unspecified atom stereocenters. The Kier molecular flexibility index (Phi) is 4.84. The SMILES string of the molecule is CC(C)OCCS(=O)(=O)N1CCC2(CC1)OCCO2. The third-order valence-electron chi connectivity index (χ3n) is 3.48. The van der Waals surface area contributed by atoms with Gasteiger partial charge >= 0.3 is 0 Å². The van der Waals surface area contributed by atoms with Crippen LogP contribution in [-0.2, 0) is 24.2 Å². The summed E-state index contributed by atoms with van der Waals surface area (Å²) in [5.74, 6) is -0.486. The number of ether oxygens (including phenoxy) is 3. The molecule has 0 amide bonds. The maximum absolute atomic E-state index is 12.1. The van der Waals surface area contributed by atoms with Gasteiger partial charge in [-0.3, -0.25) is 0 Å². The average Bonchev–Trinajstić information content (AvgIpc) is 2.77. The molecule has 0 radical (unpaired) electrons. The summed E-state index contributed by atoms with van der Waals surface area (Å²) in [4.78, 5) is 0. The van der Waals surface area contributed by atoms with Gasteiger partial charge in [0.2, 0.25) is 10.0 Å². The Labute approximate surface area is 115 Å². The minimum atomic E-state index is -3.23. The van der Waals surface area contributed by atoms with Gasteiger partial charge in [-0.15, -0.1) is 0 Å². The Hall–Kier alpha value is -0.210. The third-order valence-corrected chi connectivity index (χ3v) is 5.32. The van der Waals surface area contributed by atoms with Crippen molar-refractivity contribution in [3.63, 3.8) is 0 Å². The monoisotopic (exact) mass is 293 g/mol. The number of hydrogen-bond donors (Lipinski definition) is 0. The third kappa shape index (κ3) is 3.88. The van der Waals surface area contributed by atoms with Crippen molar-refractivity contribution in [1.82, 2.24) is 4.31 Å². The number of sulfonamides is 1. The predicted octanol–water partition coefficient (Wildman–Crippen LogP) is 0.580. The lowest BCUT2D eigenvalue weighted by Crippen LogP contribution is -2.48. The molecule has 0 N–H and O–H groups in total. The van der Waals surface area contributed by atoms with Crippen LogP contribution in [0.1, 0.15) is 26.7 Å². The summed E-state index contributed by atoms with van der Waals surface area (Å²) in [5, 5.41) is 0. The van der Waals surface area contributed by atoms with E-state index in [1.54, 1.807) is 0 Å². The predicted molar refractivity (Wildman–Crippen MR) is 70.3 cm³/mol. The first kappa shape index (κ1) is 15.2. The fraction of sp³-hybridized carbons (Fsp3) is 1.00. The van der Waals surface area contributed by atoms with Gasteiger partial charge in [0.1, 0.15) is 0 Å². The minimum Gasteiger partial charge on any atom is -0.378 e. The van der Waals surface area contributed by atoms with Crippen LogP contribution in [0.3, 0.4) is 0 Å². The molecule has 2 fully saturated rings. The largest absolute Gasteiger partial charge is 0.378 e. The molecule has 1 spiro atoms. The Balaban J connectivity index is 1.82. The zero-order valence-corrected chi connectivity index (χ0v) is 12.4. The summed E-state index contributed by atoms with van der Waals surface area (Å²) < 4.78 is 42.3. The fourth-order valence-corrected chi connectivity index (χ4v) is 3.71. The second-order valence-corrected chi connectivity index (χ2v) is 7.33. The molecular weight excluding hydrogens is 270 g/mol. The number of rotatable bonds is 5. The van der Waals surface area contributed by atoms with Gasteiger partial charge in [0.05, 0.1) is 31.7 Å². The first-order valence-corrected chi connectivity index (χ1v) is 8.42. The summed E-state index contributed by atoms with van der Waals surface area (Å²) >= 11 is 0. The first-order chi connectivity index (χ1) is 8.94. The van der Waals surface area contributed by atoms with E-state index in [0.29, 0.717) is 39.1 Å². The van der Waals surface area contributed by atoms with E-state index in [4.69, 9.17) is 14.2 Å². The molecule has 112 valence electrons. The van der Waals surface area contributed by atoms with Gasteiger partial charge in [-0.25, -0.2) is 12.7 Å². The molecule has 0 atom stereocenters. The topological polar surface area (TPSA) is 65.1 Å². The highest BCUT2D eigenvalue weighted by Crippen LogP contribution is 2.32. The summed E-state index contributed by atoms with van der Waals surface area (Å²) in [7, 11) is -3.23. The lowest BCUT2D eigenvalue weighted by Gasteiger charge is -2.36. The van der Waals surface area contributed by atoms with E-state index in [1.807, 2.05) is 13.8 Å². The van der Waals surface area contributed by atoms with Crippen LogP contribution >= 0.6 is 0 Å². The molecule has 2 rings (SSSR count). The average molecular weight is 293 g/mol. The Morgan fingerprint density at radius 1 is 1.21 bits per heavy atom. The van der Waals surface area contributed by atoms with Gasteiger partial charge in [0, 0.05) is 25.9 Å². The smallest absolute Gasteiger partial charge is 0.216 e. The molecule has 2 heterocycles. The van der Waals surface area contributed by atoms with E-state index in [9.17, 15) is 8.42 Å². The van der Waals surface area contributed by atoms with Gasteiger partial charge in [-0.2, -0.15) is 0 Å². The van der Waals surface area contributed by atoms with Crippen LogP contribution in [0.5, 0.6) is 0 Å². The molecule has 0 saturated carbocycles. The summed E-state index contributed by atoms with van der Waals surface area (Å²) in [6.45, 7) is 6.17. The quantitative estimate of drug-likeness (QED) is 0.742. The standard InChI is InChI=1S/C12H23NO5S/c1-11(2)16-9-10-19(14,15)13-5-3-12(4-6-13)17-7-8-18-12/h11H,3-10H2,1-2H3. The van der Waals surface area contributed by atoms with E-state index in [2.05, 4.69) is 0 Å². The molecule has 0 aromatic carbocycles. The van der Waals surface area contributed by atoms with E-state index in [1.165, 1.54) is 4.31 Å². The first-order valence-electron chi connectivity index (χ1n) is 6.81. The minimum absolute atomic E-state index is 0.0416. The molecule has 6 nitrogen and oxygen atoms in total. The van der Waals surface area contributed by atoms with Crippen LogP contribution in [0.4, 0.5) is 0 Å². The molecule has 0 aromatic heterocycles. The number of hydrogen-bond acceptors (Lipinski definition) is 5. The van der Waals surface area contributed by atoms with E-state index >= 15 is 0 Å². The highest BCUT2D eigenvalue weighted by atomic mass is 32.2. The maximum Gasteiger partial charge on any atom is 0.216 e. The molecule has 2 aliphatic rings. The Morgan fingerprint density at radius 2 is 1.79 bits per heavy atom. The Morgan fingerprint density at radius 3 is 2.32 bits per heavy atom. The lowest BCUT2D eigenvalue weighted by atomic mass is 10.1. The normalized spacial score (nSPS) is 24.4. The zero-order valence-electron chi connectivity index (χ0n) is 11.6. The summed E-state index contributed by atoms with van der Waals surface area (Å²) in [6, 6.07) is 0. The van der Waals surface area contributed by atoms with Crippen molar-refractivity contribution >= 4 is 10.0 Å². The second kappa shape index (κ2) is 6.05. The van der Waals surface area contributed by atoms with Crippen molar-refractivity contribution < 1.29 is 22.6 Å².